The van der Waals surface area contributed by atoms with Crippen molar-refractivity contribution >= 4 is 11.7 Å². The average molecular weight is 279 g/mol. The van der Waals surface area contributed by atoms with E-state index in [0.29, 0.717) is 0 Å². The summed E-state index contributed by atoms with van der Waals surface area (Å²) < 4.78 is 44.7. The molecule has 0 aliphatic heterocycles. The molecule has 0 radical (unpaired) electrons. The molecular formula is C11H12F3NO4. The standard InChI is InChI=1S/C11H12F3NO4/c12-11(13,14)6-18-3-4-19-9-5-7(15)1-2-8(9)10(16)17/h1-2,5H,3-4,6,15H2,(H,16,17). The maximum absolute atomic E-state index is 11.8. The quantitative estimate of drug-likeness (QED) is 0.614. The maximum atomic E-state index is 11.8. The molecule has 8 heteroatoms. The highest BCUT2D eigenvalue weighted by Gasteiger charge is 2.27. The predicted molar refractivity (Wildman–Crippen MR) is 60.2 cm³/mol. The Bertz CT molecular complexity index is 448. The molecule has 0 heterocycles. The maximum Gasteiger partial charge on any atom is 0.411 e. The molecule has 0 spiro atoms. The van der Waals surface area contributed by atoms with Gasteiger partial charge in [0.05, 0.1) is 6.61 Å². The molecule has 106 valence electrons. The summed E-state index contributed by atoms with van der Waals surface area (Å²) in [5, 5.41) is 8.87. The zero-order valence-corrected chi connectivity index (χ0v) is 9.74. The number of hydrogen-bond acceptors (Lipinski definition) is 4. The van der Waals surface area contributed by atoms with Gasteiger partial charge in [0.15, 0.2) is 0 Å². The van der Waals surface area contributed by atoms with E-state index in [1.54, 1.807) is 0 Å². The summed E-state index contributed by atoms with van der Waals surface area (Å²) in [6.07, 6.45) is -4.40. The van der Waals surface area contributed by atoms with Gasteiger partial charge < -0.3 is 20.3 Å². The highest BCUT2D eigenvalue weighted by atomic mass is 19.4. The van der Waals surface area contributed by atoms with Gasteiger partial charge in [0.2, 0.25) is 0 Å². The van der Waals surface area contributed by atoms with Crippen molar-refractivity contribution in [3.05, 3.63) is 23.8 Å². The van der Waals surface area contributed by atoms with Crippen LogP contribution in [0.2, 0.25) is 0 Å². The minimum absolute atomic E-state index is 0.0110. The van der Waals surface area contributed by atoms with Crippen LogP contribution in [0.4, 0.5) is 18.9 Å². The van der Waals surface area contributed by atoms with Gasteiger partial charge in [-0.05, 0) is 12.1 Å². The first-order chi connectivity index (χ1) is 8.79. The fourth-order valence-electron chi connectivity index (χ4n) is 1.23. The monoisotopic (exact) mass is 279 g/mol. The number of carbonyl (C=O) groups is 1. The molecule has 19 heavy (non-hydrogen) atoms. The van der Waals surface area contributed by atoms with Crippen molar-refractivity contribution in [1.29, 1.82) is 0 Å². The van der Waals surface area contributed by atoms with Crippen LogP contribution in [0.25, 0.3) is 0 Å². The van der Waals surface area contributed by atoms with E-state index in [1.807, 2.05) is 0 Å². The van der Waals surface area contributed by atoms with Crippen LogP contribution in [-0.2, 0) is 4.74 Å². The number of rotatable bonds is 6. The smallest absolute Gasteiger partial charge is 0.411 e. The Hall–Kier alpha value is -1.96. The lowest BCUT2D eigenvalue weighted by atomic mass is 10.2. The minimum Gasteiger partial charge on any atom is -0.490 e. The van der Waals surface area contributed by atoms with E-state index in [2.05, 4.69) is 4.74 Å². The first-order valence-corrected chi connectivity index (χ1v) is 5.20. The number of anilines is 1. The van der Waals surface area contributed by atoms with Crippen molar-refractivity contribution in [3.8, 4) is 5.75 Å². The minimum atomic E-state index is -4.40. The van der Waals surface area contributed by atoms with Gasteiger partial charge in [-0.15, -0.1) is 0 Å². The van der Waals surface area contributed by atoms with Gasteiger partial charge in [0.25, 0.3) is 0 Å². The number of nitrogen functional groups attached to an aromatic ring is 1. The number of benzene rings is 1. The Morgan fingerprint density at radius 3 is 2.58 bits per heavy atom. The van der Waals surface area contributed by atoms with E-state index in [1.165, 1.54) is 18.2 Å². The SMILES string of the molecule is Nc1ccc(C(=O)O)c(OCCOCC(F)(F)F)c1. The number of ether oxygens (including phenoxy) is 2. The van der Waals surface area contributed by atoms with E-state index < -0.39 is 18.8 Å². The lowest BCUT2D eigenvalue weighted by Gasteiger charge is -2.11. The summed E-state index contributed by atoms with van der Waals surface area (Å²) >= 11 is 0. The zero-order chi connectivity index (χ0) is 14.5. The molecule has 0 fully saturated rings. The molecule has 0 amide bonds. The molecule has 1 rings (SSSR count). The van der Waals surface area contributed by atoms with Gasteiger partial charge in [-0.1, -0.05) is 0 Å². The van der Waals surface area contributed by atoms with Gasteiger partial charge in [-0.3, -0.25) is 0 Å². The predicted octanol–water partition coefficient (Wildman–Crippen LogP) is 1.92. The fourth-order valence-corrected chi connectivity index (χ4v) is 1.23. The summed E-state index contributed by atoms with van der Waals surface area (Å²) in [5.41, 5.74) is 5.63. The molecule has 0 aromatic heterocycles. The van der Waals surface area contributed by atoms with Crippen molar-refractivity contribution < 1.29 is 32.5 Å². The molecule has 0 atom stereocenters. The normalized spacial score (nSPS) is 11.3. The van der Waals surface area contributed by atoms with Crippen molar-refractivity contribution in [2.24, 2.45) is 0 Å². The highest BCUT2D eigenvalue weighted by molar-refractivity contribution is 5.91. The van der Waals surface area contributed by atoms with Crippen LogP contribution in [-0.4, -0.2) is 37.1 Å². The lowest BCUT2D eigenvalue weighted by molar-refractivity contribution is -0.175. The molecule has 0 saturated carbocycles. The van der Waals surface area contributed by atoms with E-state index >= 15 is 0 Å². The number of carboxylic acid groups (broad SMARTS) is 1. The number of halogens is 3. The molecule has 1 aromatic carbocycles. The Balaban J connectivity index is 2.49. The molecule has 3 N–H and O–H groups in total. The number of nitrogens with two attached hydrogens (primary N) is 1. The molecule has 0 aliphatic carbocycles. The Labute approximate surface area is 106 Å². The second kappa shape index (κ2) is 6.28. The average Bonchev–Trinajstić information content (AvgIpc) is 2.26. The summed E-state index contributed by atoms with van der Waals surface area (Å²) in [5.74, 6) is -1.23. The van der Waals surface area contributed by atoms with E-state index in [-0.39, 0.29) is 30.2 Å². The van der Waals surface area contributed by atoms with Crippen molar-refractivity contribution in [2.45, 2.75) is 6.18 Å². The van der Waals surface area contributed by atoms with Gasteiger partial charge in [0, 0.05) is 11.8 Å². The Morgan fingerprint density at radius 2 is 2.00 bits per heavy atom. The first-order valence-electron chi connectivity index (χ1n) is 5.20. The fraction of sp³-hybridized carbons (Fsp3) is 0.364. The van der Waals surface area contributed by atoms with Crippen LogP contribution in [0.1, 0.15) is 10.4 Å². The summed E-state index contributed by atoms with van der Waals surface area (Å²) in [4.78, 5) is 10.9. The van der Waals surface area contributed by atoms with Crippen molar-refractivity contribution in [3.63, 3.8) is 0 Å². The topological polar surface area (TPSA) is 81.8 Å². The van der Waals surface area contributed by atoms with Crippen LogP contribution in [0, 0.1) is 0 Å². The van der Waals surface area contributed by atoms with Crippen LogP contribution >= 0.6 is 0 Å². The van der Waals surface area contributed by atoms with Crippen LogP contribution < -0.4 is 10.5 Å². The second-order valence-corrected chi connectivity index (χ2v) is 3.58. The van der Waals surface area contributed by atoms with Gasteiger partial charge in [0.1, 0.15) is 24.5 Å². The van der Waals surface area contributed by atoms with Gasteiger partial charge >= 0.3 is 12.1 Å². The third-order valence-corrected chi connectivity index (χ3v) is 1.99. The number of carboxylic acids is 1. The van der Waals surface area contributed by atoms with Crippen LogP contribution in [0.15, 0.2) is 18.2 Å². The molecule has 5 nitrogen and oxygen atoms in total. The van der Waals surface area contributed by atoms with Gasteiger partial charge in [-0.2, -0.15) is 13.2 Å². The molecule has 0 saturated heterocycles. The lowest BCUT2D eigenvalue weighted by Crippen LogP contribution is -2.19. The molecule has 0 aliphatic rings. The van der Waals surface area contributed by atoms with Crippen molar-refractivity contribution in [2.75, 3.05) is 25.6 Å². The first kappa shape index (κ1) is 15.1. The van der Waals surface area contributed by atoms with Crippen LogP contribution in [0.5, 0.6) is 5.75 Å². The summed E-state index contributed by atoms with van der Waals surface area (Å²) in [6, 6.07) is 3.92. The second-order valence-electron chi connectivity index (χ2n) is 3.58. The van der Waals surface area contributed by atoms with E-state index in [9.17, 15) is 18.0 Å². The summed E-state index contributed by atoms with van der Waals surface area (Å²) in [7, 11) is 0. The number of hydrogen-bond donors (Lipinski definition) is 2. The third kappa shape index (κ3) is 5.47. The molecule has 1 aromatic rings. The van der Waals surface area contributed by atoms with E-state index in [0.717, 1.165) is 0 Å². The van der Waals surface area contributed by atoms with Crippen molar-refractivity contribution in [1.82, 2.24) is 0 Å². The van der Waals surface area contributed by atoms with E-state index in [4.69, 9.17) is 15.6 Å². The number of alkyl halides is 3. The molecular weight excluding hydrogens is 267 g/mol. The molecule has 0 unspecified atom stereocenters. The largest absolute Gasteiger partial charge is 0.490 e. The Kier molecular flexibility index (Phi) is 4.99. The highest BCUT2D eigenvalue weighted by Crippen LogP contribution is 2.22. The molecule has 0 bridgehead atoms. The Morgan fingerprint density at radius 1 is 1.32 bits per heavy atom. The van der Waals surface area contributed by atoms with Crippen LogP contribution in [0.3, 0.4) is 0 Å². The summed E-state index contributed by atoms with van der Waals surface area (Å²) in [6.45, 7) is -1.90. The van der Waals surface area contributed by atoms with Gasteiger partial charge in [-0.25, -0.2) is 4.79 Å². The third-order valence-electron chi connectivity index (χ3n) is 1.99. The number of aromatic carboxylic acids is 1. The zero-order valence-electron chi connectivity index (χ0n) is 9.74.